The SMILES string of the molecule is CC(=O)NCC1=Cc2c(c(-c3ccccc3)cn2S(=O)(=O)c2ccccc2)C(=O)C1=O. The molecular weight excluding hydrogens is 416 g/mol. The van der Waals surface area contributed by atoms with Crippen LogP contribution in [0.15, 0.2) is 77.3 Å². The minimum absolute atomic E-state index is 0.0231. The third-order valence-corrected chi connectivity index (χ3v) is 6.65. The van der Waals surface area contributed by atoms with Gasteiger partial charge in [0.1, 0.15) is 0 Å². The van der Waals surface area contributed by atoms with Gasteiger partial charge in [0, 0.05) is 30.8 Å². The zero-order valence-corrected chi connectivity index (χ0v) is 17.3. The first kappa shape index (κ1) is 20.5. The molecule has 4 rings (SSSR count). The number of nitrogens with one attached hydrogen (secondary N) is 1. The highest BCUT2D eigenvalue weighted by Gasteiger charge is 2.35. The average Bonchev–Trinajstić information content (AvgIpc) is 3.17. The molecule has 7 nitrogen and oxygen atoms in total. The van der Waals surface area contributed by atoms with Gasteiger partial charge in [-0.25, -0.2) is 12.4 Å². The number of Topliss-reactive ketones (excluding diaryl/α,β-unsaturated/α-hetero) is 2. The first-order valence-electron chi connectivity index (χ1n) is 9.46. The third-order valence-electron chi connectivity index (χ3n) is 4.96. The molecule has 0 saturated heterocycles. The van der Waals surface area contributed by atoms with Gasteiger partial charge in [0.25, 0.3) is 10.0 Å². The summed E-state index contributed by atoms with van der Waals surface area (Å²) < 4.78 is 27.8. The molecule has 0 radical (unpaired) electrons. The summed E-state index contributed by atoms with van der Waals surface area (Å²) in [5.74, 6) is -1.95. The molecule has 1 aliphatic carbocycles. The summed E-state index contributed by atoms with van der Waals surface area (Å²) >= 11 is 0. The van der Waals surface area contributed by atoms with Crippen LogP contribution in [0, 0.1) is 0 Å². The normalized spacial score (nSPS) is 13.5. The largest absolute Gasteiger partial charge is 0.352 e. The molecule has 3 aromatic rings. The highest BCUT2D eigenvalue weighted by atomic mass is 32.2. The monoisotopic (exact) mass is 434 g/mol. The van der Waals surface area contributed by atoms with E-state index in [1.807, 2.05) is 0 Å². The number of aromatic nitrogens is 1. The van der Waals surface area contributed by atoms with Crippen molar-refractivity contribution in [1.82, 2.24) is 9.29 Å². The number of ketones is 2. The van der Waals surface area contributed by atoms with Crippen molar-refractivity contribution in [3.8, 4) is 11.1 Å². The van der Waals surface area contributed by atoms with Gasteiger partial charge in [-0.05, 0) is 23.8 Å². The quantitative estimate of drug-likeness (QED) is 0.622. The van der Waals surface area contributed by atoms with Gasteiger partial charge in [0.2, 0.25) is 17.5 Å². The van der Waals surface area contributed by atoms with E-state index in [2.05, 4.69) is 5.32 Å². The molecule has 0 atom stereocenters. The number of rotatable bonds is 5. The zero-order valence-electron chi connectivity index (χ0n) is 16.5. The number of amides is 1. The van der Waals surface area contributed by atoms with Crippen LogP contribution >= 0.6 is 0 Å². The van der Waals surface area contributed by atoms with Crippen molar-refractivity contribution in [2.45, 2.75) is 11.8 Å². The van der Waals surface area contributed by atoms with Crippen molar-refractivity contribution in [3.05, 3.63) is 83.7 Å². The lowest BCUT2D eigenvalue weighted by atomic mass is 9.90. The first-order chi connectivity index (χ1) is 14.8. The van der Waals surface area contributed by atoms with Gasteiger partial charge in [-0.2, -0.15) is 0 Å². The molecule has 0 bridgehead atoms. The molecule has 0 spiro atoms. The van der Waals surface area contributed by atoms with Crippen LogP contribution in [0.3, 0.4) is 0 Å². The van der Waals surface area contributed by atoms with Gasteiger partial charge in [0.05, 0.1) is 16.2 Å². The molecule has 0 aliphatic heterocycles. The summed E-state index contributed by atoms with van der Waals surface area (Å²) in [7, 11) is -4.04. The van der Waals surface area contributed by atoms with Crippen molar-refractivity contribution in [3.63, 3.8) is 0 Å². The van der Waals surface area contributed by atoms with Crippen LogP contribution in [-0.4, -0.2) is 36.4 Å². The number of carbonyl (C=O) groups excluding carboxylic acids is 3. The van der Waals surface area contributed by atoms with Gasteiger partial charge < -0.3 is 5.32 Å². The Bertz CT molecular complexity index is 1340. The second-order valence-corrected chi connectivity index (χ2v) is 8.84. The summed E-state index contributed by atoms with van der Waals surface area (Å²) in [5, 5.41) is 2.49. The maximum atomic E-state index is 13.4. The third kappa shape index (κ3) is 3.62. The lowest BCUT2D eigenvalue weighted by Crippen LogP contribution is -2.31. The Morgan fingerprint density at radius 1 is 0.935 bits per heavy atom. The molecule has 2 aromatic carbocycles. The molecule has 0 saturated carbocycles. The summed E-state index contributed by atoms with van der Waals surface area (Å²) in [6.45, 7) is 1.12. The molecule has 0 unspecified atom stereocenters. The van der Waals surface area contributed by atoms with Crippen molar-refractivity contribution in [2.75, 3.05) is 6.54 Å². The van der Waals surface area contributed by atoms with Crippen molar-refractivity contribution in [1.29, 1.82) is 0 Å². The van der Waals surface area contributed by atoms with Crippen molar-refractivity contribution in [2.24, 2.45) is 0 Å². The Hall–Kier alpha value is -3.78. The van der Waals surface area contributed by atoms with E-state index in [0.717, 1.165) is 3.97 Å². The van der Waals surface area contributed by atoms with E-state index in [1.54, 1.807) is 48.5 Å². The number of hydrogen-bond donors (Lipinski definition) is 1. The number of nitrogens with zero attached hydrogens (tertiary/aromatic N) is 1. The Morgan fingerprint density at radius 2 is 1.55 bits per heavy atom. The highest BCUT2D eigenvalue weighted by Crippen LogP contribution is 2.35. The lowest BCUT2D eigenvalue weighted by molar-refractivity contribution is -0.118. The van der Waals surface area contributed by atoms with Crippen LogP contribution in [0.25, 0.3) is 17.2 Å². The molecule has 1 amide bonds. The highest BCUT2D eigenvalue weighted by molar-refractivity contribution is 7.90. The van der Waals surface area contributed by atoms with Gasteiger partial charge in [0.15, 0.2) is 0 Å². The van der Waals surface area contributed by atoms with Crippen LogP contribution < -0.4 is 5.32 Å². The van der Waals surface area contributed by atoms with Gasteiger partial charge >= 0.3 is 0 Å². The van der Waals surface area contributed by atoms with E-state index in [-0.39, 0.29) is 34.2 Å². The molecule has 1 heterocycles. The maximum Gasteiger partial charge on any atom is 0.268 e. The maximum absolute atomic E-state index is 13.4. The Kier molecular flexibility index (Phi) is 5.16. The number of hydrogen-bond acceptors (Lipinski definition) is 5. The Balaban J connectivity index is 1.98. The van der Waals surface area contributed by atoms with E-state index in [1.165, 1.54) is 31.3 Å². The Morgan fingerprint density at radius 3 is 2.16 bits per heavy atom. The molecular formula is C23H18N2O5S. The van der Waals surface area contributed by atoms with Crippen LogP contribution in [0.5, 0.6) is 0 Å². The topological polar surface area (TPSA) is 102 Å². The van der Waals surface area contributed by atoms with Gasteiger partial charge in [-0.1, -0.05) is 48.5 Å². The van der Waals surface area contributed by atoms with E-state index in [0.29, 0.717) is 11.1 Å². The van der Waals surface area contributed by atoms with E-state index >= 15 is 0 Å². The number of benzene rings is 2. The summed E-state index contributed by atoms with van der Waals surface area (Å²) in [6, 6.07) is 16.6. The predicted molar refractivity (Wildman–Crippen MR) is 115 cm³/mol. The van der Waals surface area contributed by atoms with E-state index in [4.69, 9.17) is 0 Å². The van der Waals surface area contributed by atoms with Crippen LogP contribution in [0.2, 0.25) is 0 Å². The Labute approximate surface area is 179 Å². The number of fused-ring (bicyclic) bond motifs is 1. The van der Waals surface area contributed by atoms with Crippen molar-refractivity contribution >= 4 is 33.6 Å². The smallest absolute Gasteiger partial charge is 0.268 e. The predicted octanol–water partition coefficient (Wildman–Crippen LogP) is 2.68. The molecule has 31 heavy (non-hydrogen) atoms. The van der Waals surface area contributed by atoms with Crippen LogP contribution in [0.4, 0.5) is 0 Å². The average molecular weight is 434 g/mol. The number of carbonyl (C=O) groups is 3. The molecule has 1 aromatic heterocycles. The molecule has 8 heteroatoms. The molecule has 0 fully saturated rings. The summed E-state index contributed by atoms with van der Waals surface area (Å²) in [6.07, 6.45) is 2.73. The fraction of sp³-hybridized carbons (Fsp3) is 0.0870. The van der Waals surface area contributed by atoms with Gasteiger partial charge in [-0.3, -0.25) is 14.4 Å². The van der Waals surface area contributed by atoms with Gasteiger partial charge in [-0.15, -0.1) is 0 Å². The zero-order chi connectivity index (χ0) is 22.2. The molecule has 1 N–H and O–H groups in total. The van der Waals surface area contributed by atoms with Crippen LogP contribution in [-0.2, 0) is 19.6 Å². The first-order valence-corrected chi connectivity index (χ1v) is 10.9. The fourth-order valence-corrected chi connectivity index (χ4v) is 4.83. The van der Waals surface area contributed by atoms with E-state index in [9.17, 15) is 22.8 Å². The summed E-state index contributed by atoms with van der Waals surface area (Å²) in [5.41, 5.74) is 1.11. The molecule has 156 valence electrons. The minimum atomic E-state index is -4.04. The standard InChI is InChI=1S/C23H18N2O5S/c1-15(26)24-13-17-12-20-21(23(28)22(17)27)19(16-8-4-2-5-9-16)14-25(20)31(29,30)18-10-6-3-7-11-18/h2-12,14H,13H2,1H3,(H,24,26). The van der Waals surface area contributed by atoms with Crippen LogP contribution in [0.1, 0.15) is 23.0 Å². The fourth-order valence-electron chi connectivity index (χ4n) is 3.46. The minimum Gasteiger partial charge on any atom is -0.352 e. The van der Waals surface area contributed by atoms with Crippen molar-refractivity contribution < 1.29 is 22.8 Å². The molecule has 1 aliphatic rings. The lowest BCUT2D eigenvalue weighted by Gasteiger charge is -2.15. The summed E-state index contributed by atoms with van der Waals surface area (Å²) in [4.78, 5) is 37.1. The van der Waals surface area contributed by atoms with E-state index < -0.39 is 21.6 Å². The second kappa shape index (κ2) is 7.81. The second-order valence-electron chi connectivity index (χ2n) is 7.02.